The Morgan fingerprint density at radius 2 is 1.95 bits per heavy atom. The van der Waals surface area contributed by atoms with Crippen LogP contribution in [0.15, 0.2) is 47.1 Å². The van der Waals surface area contributed by atoms with Crippen molar-refractivity contribution >= 4 is 17.0 Å². The van der Waals surface area contributed by atoms with Crippen molar-refractivity contribution in [2.75, 3.05) is 5.32 Å². The molecule has 3 rings (SSSR count). The molecule has 5 heteroatoms. The summed E-state index contributed by atoms with van der Waals surface area (Å²) in [6.45, 7) is 2.06. The van der Waals surface area contributed by atoms with Gasteiger partial charge in [-0.2, -0.15) is 0 Å². The lowest BCUT2D eigenvalue weighted by Gasteiger charge is -2.11. The fourth-order valence-corrected chi connectivity index (χ4v) is 1.94. The molecule has 0 aliphatic rings. The molecule has 1 unspecified atom stereocenters. The molecular weight excluding hydrogens is 240 g/mol. The van der Waals surface area contributed by atoms with Crippen LogP contribution in [0.3, 0.4) is 0 Å². The molecule has 2 heterocycles. The molecule has 0 aliphatic heterocycles. The highest BCUT2D eigenvalue weighted by molar-refractivity contribution is 5.74. The normalized spacial score (nSPS) is 12.5. The van der Waals surface area contributed by atoms with Gasteiger partial charge in [0, 0.05) is 12.5 Å². The van der Waals surface area contributed by atoms with Crippen LogP contribution in [0.25, 0.3) is 11.0 Å². The fourth-order valence-electron chi connectivity index (χ4n) is 1.94. The topological polar surface area (TPSA) is 63.8 Å². The molecule has 1 atom stereocenters. The summed E-state index contributed by atoms with van der Waals surface area (Å²) < 4.78 is 5.32. The summed E-state index contributed by atoms with van der Waals surface area (Å²) in [6, 6.07) is 11.7. The number of fused-ring (bicyclic) bond motifs is 1. The minimum atomic E-state index is 0.175. The van der Waals surface area contributed by atoms with E-state index in [0.717, 1.165) is 23.2 Å². The monoisotopic (exact) mass is 254 g/mol. The molecule has 19 heavy (non-hydrogen) atoms. The lowest BCUT2D eigenvalue weighted by molar-refractivity contribution is 0.497. The van der Waals surface area contributed by atoms with Crippen molar-refractivity contribution in [3.05, 3.63) is 48.4 Å². The average molecular weight is 254 g/mol. The van der Waals surface area contributed by atoms with E-state index in [2.05, 4.69) is 27.4 Å². The number of nitrogens with one attached hydrogen (secondary N) is 1. The molecular formula is C14H14N4O. The first-order valence-corrected chi connectivity index (χ1v) is 6.19. The lowest BCUT2D eigenvalue weighted by Crippen LogP contribution is -2.19. The summed E-state index contributed by atoms with van der Waals surface area (Å²) in [7, 11) is 0. The second kappa shape index (κ2) is 5.06. The van der Waals surface area contributed by atoms with Crippen LogP contribution in [0.5, 0.6) is 0 Å². The van der Waals surface area contributed by atoms with E-state index in [-0.39, 0.29) is 6.04 Å². The van der Waals surface area contributed by atoms with Crippen molar-refractivity contribution in [1.29, 1.82) is 0 Å². The highest BCUT2D eigenvalue weighted by atomic mass is 16.3. The van der Waals surface area contributed by atoms with Gasteiger partial charge in [0.2, 0.25) is 5.95 Å². The molecule has 1 N–H and O–H groups in total. The fraction of sp³-hybridized carbons (Fsp3) is 0.214. The third-order valence-corrected chi connectivity index (χ3v) is 2.82. The summed E-state index contributed by atoms with van der Waals surface area (Å²) in [6.07, 6.45) is 2.46. The van der Waals surface area contributed by atoms with Gasteiger partial charge in [-0.1, -0.05) is 12.1 Å². The van der Waals surface area contributed by atoms with Gasteiger partial charge >= 0.3 is 0 Å². The van der Waals surface area contributed by atoms with Crippen LogP contribution in [0.4, 0.5) is 5.95 Å². The molecule has 0 bridgehead atoms. The molecule has 0 fully saturated rings. The standard InChI is InChI=1S/C14H14N4O/c1-10(9-11-5-4-8-19-11)15-14-16-12-6-2-3-7-13(12)17-18-14/h2-8,10H,9H2,1H3,(H,15,16,18). The zero-order chi connectivity index (χ0) is 13.1. The number of rotatable bonds is 4. The van der Waals surface area contributed by atoms with Crippen LogP contribution in [0, 0.1) is 0 Å². The van der Waals surface area contributed by atoms with E-state index in [1.54, 1.807) is 6.26 Å². The van der Waals surface area contributed by atoms with Gasteiger partial charge in [-0.15, -0.1) is 10.2 Å². The molecule has 2 aromatic heterocycles. The Bertz CT molecular complexity index is 666. The van der Waals surface area contributed by atoms with Crippen molar-refractivity contribution < 1.29 is 4.42 Å². The van der Waals surface area contributed by atoms with Crippen molar-refractivity contribution in [3.63, 3.8) is 0 Å². The Morgan fingerprint density at radius 3 is 2.74 bits per heavy atom. The Balaban J connectivity index is 1.73. The van der Waals surface area contributed by atoms with Crippen molar-refractivity contribution in [3.8, 4) is 0 Å². The minimum Gasteiger partial charge on any atom is -0.469 e. The zero-order valence-electron chi connectivity index (χ0n) is 10.6. The second-order valence-electron chi connectivity index (χ2n) is 4.45. The van der Waals surface area contributed by atoms with Crippen LogP contribution < -0.4 is 5.32 Å². The van der Waals surface area contributed by atoms with Gasteiger partial charge in [0.05, 0.1) is 11.8 Å². The Labute approximate surface area is 110 Å². The van der Waals surface area contributed by atoms with Gasteiger partial charge in [-0.3, -0.25) is 0 Å². The van der Waals surface area contributed by atoms with Gasteiger partial charge in [0.15, 0.2) is 0 Å². The Hall–Kier alpha value is -2.43. The highest BCUT2D eigenvalue weighted by Crippen LogP contribution is 2.11. The van der Waals surface area contributed by atoms with Crippen LogP contribution in [0.2, 0.25) is 0 Å². The number of hydrogen-bond acceptors (Lipinski definition) is 5. The largest absolute Gasteiger partial charge is 0.469 e. The van der Waals surface area contributed by atoms with E-state index in [9.17, 15) is 0 Å². The summed E-state index contributed by atoms with van der Waals surface area (Å²) in [5.41, 5.74) is 1.64. The molecule has 0 aliphatic carbocycles. The van der Waals surface area contributed by atoms with Gasteiger partial charge < -0.3 is 9.73 Å². The predicted octanol–water partition coefficient (Wildman–Crippen LogP) is 2.66. The van der Waals surface area contributed by atoms with E-state index < -0.39 is 0 Å². The average Bonchev–Trinajstić information content (AvgIpc) is 2.91. The van der Waals surface area contributed by atoms with Gasteiger partial charge in [0.25, 0.3) is 0 Å². The van der Waals surface area contributed by atoms with E-state index in [1.807, 2.05) is 36.4 Å². The molecule has 0 amide bonds. The van der Waals surface area contributed by atoms with Gasteiger partial charge in [-0.05, 0) is 31.2 Å². The number of furan rings is 1. The predicted molar refractivity (Wildman–Crippen MR) is 72.8 cm³/mol. The number of anilines is 1. The van der Waals surface area contributed by atoms with Crippen LogP contribution in [-0.2, 0) is 6.42 Å². The van der Waals surface area contributed by atoms with E-state index in [1.165, 1.54) is 0 Å². The molecule has 3 aromatic rings. The zero-order valence-corrected chi connectivity index (χ0v) is 10.6. The van der Waals surface area contributed by atoms with Crippen molar-refractivity contribution in [1.82, 2.24) is 15.2 Å². The third kappa shape index (κ3) is 2.70. The number of aromatic nitrogens is 3. The van der Waals surface area contributed by atoms with E-state index in [4.69, 9.17) is 4.42 Å². The molecule has 0 radical (unpaired) electrons. The Kier molecular flexibility index (Phi) is 3.10. The first-order valence-electron chi connectivity index (χ1n) is 6.19. The molecule has 1 aromatic carbocycles. The minimum absolute atomic E-state index is 0.175. The number of para-hydroxylation sites is 1. The molecule has 96 valence electrons. The molecule has 0 saturated carbocycles. The Morgan fingerprint density at radius 1 is 1.11 bits per heavy atom. The SMILES string of the molecule is CC(Cc1ccco1)Nc1nnc2ccccc2n1. The van der Waals surface area contributed by atoms with Crippen LogP contribution in [-0.4, -0.2) is 21.2 Å². The summed E-state index contributed by atoms with van der Waals surface area (Å²) >= 11 is 0. The number of hydrogen-bond donors (Lipinski definition) is 1. The second-order valence-corrected chi connectivity index (χ2v) is 4.45. The van der Waals surface area contributed by atoms with E-state index in [0.29, 0.717) is 5.95 Å². The number of nitrogens with zero attached hydrogens (tertiary/aromatic N) is 3. The smallest absolute Gasteiger partial charge is 0.243 e. The molecule has 0 spiro atoms. The molecule has 5 nitrogen and oxygen atoms in total. The third-order valence-electron chi connectivity index (χ3n) is 2.82. The number of benzene rings is 1. The first kappa shape index (κ1) is 11.6. The van der Waals surface area contributed by atoms with Gasteiger partial charge in [0.1, 0.15) is 11.3 Å². The van der Waals surface area contributed by atoms with Crippen molar-refractivity contribution in [2.24, 2.45) is 0 Å². The van der Waals surface area contributed by atoms with Crippen LogP contribution >= 0.6 is 0 Å². The first-order chi connectivity index (χ1) is 9.31. The van der Waals surface area contributed by atoms with E-state index >= 15 is 0 Å². The highest BCUT2D eigenvalue weighted by Gasteiger charge is 2.08. The quantitative estimate of drug-likeness (QED) is 0.775. The maximum Gasteiger partial charge on any atom is 0.243 e. The maximum atomic E-state index is 5.32. The summed E-state index contributed by atoms with van der Waals surface area (Å²) in [4.78, 5) is 4.43. The van der Waals surface area contributed by atoms with Gasteiger partial charge in [-0.25, -0.2) is 4.98 Å². The lowest BCUT2D eigenvalue weighted by atomic mass is 10.2. The van der Waals surface area contributed by atoms with Crippen molar-refractivity contribution in [2.45, 2.75) is 19.4 Å². The summed E-state index contributed by atoms with van der Waals surface area (Å²) in [5, 5.41) is 11.4. The summed E-state index contributed by atoms with van der Waals surface area (Å²) in [5.74, 6) is 1.48. The molecule has 0 saturated heterocycles. The van der Waals surface area contributed by atoms with Crippen LogP contribution in [0.1, 0.15) is 12.7 Å². The maximum absolute atomic E-state index is 5.32.